The molecule has 1 unspecified atom stereocenters. The number of nitrogens with two attached hydrogens (primary N) is 1. The van der Waals surface area contributed by atoms with Crippen LogP contribution in [0.5, 0.6) is 0 Å². The molecule has 4 N–H and O–H groups in total. The summed E-state index contributed by atoms with van der Waals surface area (Å²) in [5, 5.41) is 9.58. The van der Waals surface area contributed by atoms with Crippen LogP contribution < -0.4 is 11.1 Å². The minimum absolute atomic E-state index is 0.154. The fourth-order valence-electron chi connectivity index (χ4n) is 3.86. The number of carbonyl (C=O) groups excluding carboxylic acids is 2. The molecular formula is C27H23F6N5O2. The van der Waals surface area contributed by atoms with E-state index in [0.717, 1.165) is 24.4 Å². The van der Waals surface area contributed by atoms with E-state index in [1.165, 1.54) is 18.3 Å². The van der Waals surface area contributed by atoms with E-state index in [1.54, 1.807) is 12.2 Å². The monoisotopic (exact) mass is 563 g/mol. The van der Waals surface area contributed by atoms with Crippen LogP contribution in [-0.4, -0.2) is 48.7 Å². The summed E-state index contributed by atoms with van der Waals surface area (Å²) >= 11 is 0. The van der Waals surface area contributed by atoms with Gasteiger partial charge in [0.1, 0.15) is 29.7 Å². The Kier molecular flexibility index (Phi) is 9.75. The molecule has 1 aliphatic rings. The van der Waals surface area contributed by atoms with Gasteiger partial charge in [-0.2, -0.15) is 13.2 Å². The summed E-state index contributed by atoms with van der Waals surface area (Å²) in [5.74, 6) is -4.33. The molecule has 0 aliphatic carbocycles. The van der Waals surface area contributed by atoms with E-state index in [4.69, 9.17) is 11.1 Å². The molecule has 2 aromatic rings. The van der Waals surface area contributed by atoms with E-state index in [9.17, 15) is 35.9 Å². The second kappa shape index (κ2) is 13.0. The molecule has 7 nitrogen and oxygen atoms in total. The molecule has 0 fully saturated rings. The number of benzene rings is 2. The van der Waals surface area contributed by atoms with Crippen molar-refractivity contribution in [2.24, 2.45) is 15.7 Å². The molecule has 0 saturated carbocycles. The second-order valence-electron chi connectivity index (χ2n) is 8.64. The van der Waals surface area contributed by atoms with Crippen molar-refractivity contribution in [2.75, 3.05) is 6.54 Å². The summed E-state index contributed by atoms with van der Waals surface area (Å²) in [7, 11) is 0. The van der Waals surface area contributed by atoms with Crippen LogP contribution in [0.1, 0.15) is 34.3 Å². The number of halogens is 6. The molecule has 40 heavy (non-hydrogen) atoms. The molecule has 0 spiro atoms. The Bertz CT molecular complexity index is 1410. The fourth-order valence-corrected chi connectivity index (χ4v) is 3.86. The van der Waals surface area contributed by atoms with Gasteiger partial charge in [-0.3, -0.25) is 19.6 Å². The largest absolute Gasteiger partial charge is 0.429 e. The molecule has 1 heterocycles. The molecule has 3 rings (SSSR count). The highest BCUT2D eigenvalue weighted by atomic mass is 19.4. The highest BCUT2D eigenvalue weighted by molar-refractivity contribution is 5.97. The summed E-state index contributed by atoms with van der Waals surface area (Å²) in [5.41, 5.74) is 4.52. The summed E-state index contributed by atoms with van der Waals surface area (Å²) in [4.78, 5) is 32.5. The van der Waals surface area contributed by atoms with E-state index in [-0.39, 0.29) is 29.7 Å². The van der Waals surface area contributed by atoms with Crippen LogP contribution in [0.25, 0.3) is 5.57 Å². The molecule has 0 aromatic heterocycles. The number of alkyl halides is 3. The summed E-state index contributed by atoms with van der Waals surface area (Å²) < 4.78 is 79.5. The lowest BCUT2D eigenvalue weighted by Gasteiger charge is -2.22. The Morgan fingerprint density at radius 3 is 2.48 bits per heavy atom. The van der Waals surface area contributed by atoms with E-state index in [0.29, 0.717) is 17.2 Å². The minimum atomic E-state index is -4.82. The third-order valence-electron chi connectivity index (χ3n) is 5.68. The van der Waals surface area contributed by atoms with Gasteiger partial charge in [-0.05, 0) is 59.9 Å². The summed E-state index contributed by atoms with van der Waals surface area (Å²) in [6.07, 6.45) is -0.0964. The SMILES string of the molecule is N=C(CC=NCC(=O)NC(Cc1cc(F)cc(F)c1)C1=C(c2ccc(F)c(C(N)=O)c2)CC=CC=N1)C(F)(F)F. The van der Waals surface area contributed by atoms with Gasteiger partial charge in [0.05, 0.1) is 17.3 Å². The smallest absolute Gasteiger partial charge is 0.366 e. The van der Waals surface area contributed by atoms with Crippen LogP contribution in [-0.2, 0) is 11.2 Å². The average Bonchev–Trinajstić information content (AvgIpc) is 3.11. The zero-order chi connectivity index (χ0) is 29.4. The molecule has 0 radical (unpaired) electrons. The van der Waals surface area contributed by atoms with Crippen LogP contribution >= 0.6 is 0 Å². The van der Waals surface area contributed by atoms with Gasteiger partial charge in [-0.15, -0.1) is 0 Å². The van der Waals surface area contributed by atoms with Gasteiger partial charge >= 0.3 is 6.18 Å². The summed E-state index contributed by atoms with van der Waals surface area (Å²) in [6, 6.07) is 5.41. The minimum Gasteiger partial charge on any atom is -0.366 e. The first-order valence-electron chi connectivity index (χ1n) is 11.7. The Hall–Kier alpha value is -4.55. The third kappa shape index (κ3) is 8.22. The van der Waals surface area contributed by atoms with Crippen molar-refractivity contribution in [1.82, 2.24) is 5.32 Å². The van der Waals surface area contributed by atoms with Gasteiger partial charge in [0.15, 0.2) is 0 Å². The molecule has 13 heteroatoms. The lowest BCUT2D eigenvalue weighted by Crippen LogP contribution is -2.39. The van der Waals surface area contributed by atoms with Crippen molar-refractivity contribution in [3.05, 3.63) is 88.4 Å². The van der Waals surface area contributed by atoms with Crippen LogP contribution in [0.4, 0.5) is 26.3 Å². The number of allylic oxidation sites excluding steroid dienone is 3. The number of nitrogens with one attached hydrogen (secondary N) is 2. The number of primary amides is 1. The zero-order valence-electron chi connectivity index (χ0n) is 20.7. The van der Waals surface area contributed by atoms with E-state index in [1.807, 2.05) is 0 Å². The fraction of sp³-hybridized carbons (Fsp3) is 0.222. The normalized spacial score (nSPS) is 14.3. The second-order valence-corrected chi connectivity index (χ2v) is 8.64. The van der Waals surface area contributed by atoms with Gasteiger partial charge < -0.3 is 16.5 Å². The quantitative estimate of drug-likeness (QED) is 0.287. The van der Waals surface area contributed by atoms with Gasteiger partial charge in [-0.1, -0.05) is 12.1 Å². The van der Waals surface area contributed by atoms with Crippen molar-refractivity contribution in [3.8, 4) is 0 Å². The van der Waals surface area contributed by atoms with Crippen molar-refractivity contribution in [1.29, 1.82) is 5.41 Å². The molecule has 210 valence electrons. The van der Waals surface area contributed by atoms with E-state index in [2.05, 4.69) is 15.3 Å². The molecule has 2 amide bonds. The first-order valence-corrected chi connectivity index (χ1v) is 11.7. The first kappa shape index (κ1) is 30.0. The molecule has 1 atom stereocenters. The molecule has 1 aliphatic heterocycles. The lowest BCUT2D eigenvalue weighted by molar-refractivity contribution is -0.120. The number of aliphatic imine (C=N–C) groups is 2. The maximum absolute atomic E-state index is 14.1. The molecule has 2 aromatic carbocycles. The Morgan fingerprint density at radius 2 is 1.82 bits per heavy atom. The number of hydrogen-bond donors (Lipinski definition) is 3. The van der Waals surface area contributed by atoms with Crippen molar-refractivity contribution >= 4 is 35.5 Å². The highest BCUT2D eigenvalue weighted by Crippen LogP contribution is 2.30. The van der Waals surface area contributed by atoms with Crippen LogP contribution in [0, 0.1) is 22.9 Å². The zero-order valence-corrected chi connectivity index (χ0v) is 20.7. The predicted molar refractivity (Wildman–Crippen MR) is 138 cm³/mol. The van der Waals surface area contributed by atoms with Gasteiger partial charge in [0, 0.05) is 24.9 Å². The van der Waals surface area contributed by atoms with Gasteiger partial charge in [0.25, 0.3) is 5.91 Å². The van der Waals surface area contributed by atoms with Crippen LogP contribution in [0.3, 0.4) is 0 Å². The van der Waals surface area contributed by atoms with E-state index < -0.39 is 60.2 Å². The summed E-state index contributed by atoms with van der Waals surface area (Å²) in [6.45, 7) is -0.605. The number of hydrogen-bond acceptors (Lipinski definition) is 5. The Balaban J connectivity index is 1.99. The first-order chi connectivity index (χ1) is 18.8. The standard InChI is InChI=1S/C27H23F6N5O2/c28-17-9-15(10-18(29)13-17)11-22(38-24(39)14-36-8-6-23(34)27(31,32)33)25-19(3-1-2-7-37-25)16-4-5-21(30)20(12-16)26(35)40/h1-2,4-5,7-10,12-13,22,34H,3,6,11,14H2,(H2,35,40)(H,38,39). The van der Waals surface area contributed by atoms with Crippen molar-refractivity contribution in [3.63, 3.8) is 0 Å². The Morgan fingerprint density at radius 1 is 1.12 bits per heavy atom. The lowest BCUT2D eigenvalue weighted by atomic mass is 9.93. The highest BCUT2D eigenvalue weighted by Gasteiger charge is 2.33. The number of rotatable bonds is 10. The third-order valence-corrected chi connectivity index (χ3v) is 5.68. The molecule has 0 bridgehead atoms. The maximum atomic E-state index is 14.1. The number of carbonyl (C=O) groups is 2. The van der Waals surface area contributed by atoms with Crippen molar-refractivity contribution in [2.45, 2.75) is 31.5 Å². The van der Waals surface area contributed by atoms with Gasteiger partial charge in [-0.25, -0.2) is 13.2 Å². The van der Waals surface area contributed by atoms with Gasteiger partial charge in [0.2, 0.25) is 5.91 Å². The van der Waals surface area contributed by atoms with E-state index >= 15 is 0 Å². The van der Waals surface area contributed by atoms with Crippen LogP contribution in [0.2, 0.25) is 0 Å². The topological polar surface area (TPSA) is 121 Å². The molecular weight excluding hydrogens is 540 g/mol. The maximum Gasteiger partial charge on any atom is 0.429 e. The number of nitrogens with zero attached hydrogens (tertiary/aromatic N) is 2. The van der Waals surface area contributed by atoms with Crippen LogP contribution in [0.15, 0.2) is 64.2 Å². The molecule has 0 saturated heterocycles. The number of amides is 2. The average molecular weight is 564 g/mol. The predicted octanol–water partition coefficient (Wildman–Crippen LogP) is 4.72. The Labute approximate surface area is 224 Å². The van der Waals surface area contributed by atoms with Crippen molar-refractivity contribution < 1.29 is 35.9 Å².